The Kier molecular flexibility index (Phi) is 2.43. The zero-order chi connectivity index (χ0) is 9.14. The molecule has 1 rings (SSSR count). The zero-order valence-corrected chi connectivity index (χ0v) is 6.48. The number of benzene rings is 1. The lowest BCUT2D eigenvalue weighted by atomic mass is 10.1. The maximum absolute atomic E-state index is 12.9. The number of nitrogens with two attached hydrogens (primary N) is 1. The molecule has 3 heteroatoms. The number of hydrogen-bond acceptors (Lipinski definition) is 1. The first-order valence-electron chi connectivity index (χ1n) is 3.47. The summed E-state index contributed by atoms with van der Waals surface area (Å²) in [5, 5.41) is 0. The summed E-state index contributed by atoms with van der Waals surface area (Å²) in [4.78, 5) is 0. The van der Waals surface area contributed by atoms with Crippen LogP contribution in [0.2, 0.25) is 0 Å². The zero-order valence-electron chi connectivity index (χ0n) is 6.48. The minimum Gasteiger partial charge on any atom is -0.402 e. The largest absolute Gasteiger partial charge is 0.402 e. The van der Waals surface area contributed by atoms with Crippen LogP contribution in [0.1, 0.15) is 5.56 Å². The van der Waals surface area contributed by atoms with Crippen LogP contribution < -0.4 is 5.73 Å². The summed E-state index contributed by atoms with van der Waals surface area (Å²) in [6, 6.07) is 3.70. The van der Waals surface area contributed by atoms with Gasteiger partial charge >= 0.3 is 0 Å². The van der Waals surface area contributed by atoms with Gasteiger partial charge in [0, 0.05) is 17.7 Å². The summed E-state index contributed by atoms with van der Waals surface area (Å²) < 4.78 is 25.7. The van der Waals surface area contributed by atoms with Gasteiger partial charge in [-0.05, 0) is 12.1 Å². The smallest absolute Gasteiger partial charge is 0.129 e. The minimum absolute atomic E-state index is 0.0231. The molecule has 1 nitrogen and oxygen atoms in total. The van der Waals surface area contributed by atoms with Crippen LogP contribution in [-0.4, -0.2) is 0 Å². The summed E-state index contributed by atoms with van der Waals surface area (Å²) in [5.74, 6) is -1.16. The van der Waals surface area contributed by atoms with E-state index in [9.17, 15) is 8.78 Å². The molecule has 0 aliphatic rings. The molecule has 0 aliphatic heterocycles. The second-order valence-electron chi connectivity index (χ2n) is 2.54. The Morgan fingerprint density at radius 2 is 1.83 bits per heavy atom. The van der Waals surface area contributed by atoms with Crippen LogP contribution in [0.25, 0.3) is 0 Å². The molecule has 0 spiro atoms. The predicted octanol–water partition coefficient (Wildman–Crippen LogP) is 1.98. The van der Waals surface area contributed by atoms with Crippen molar-refractivity contribution in [1.29, 1.82) is 0 Å². The van der Waals surface area contributed by atoms with Gasteiger partial charge in [0.15, 0.2) is 0 Å². The van der Waals surface area contributed by atoms with Gasteiger partial charge in [0.05, 0.1) is 0 Å². The number of halogens is 2. The van der Waals surface area contributed by atoms with Gasteiger partial charge in [-0.25, -0.2) is 8.78 Å². The number of hydrogen-bond donors (Lipinski definition) is 1. The Labute approximate surface area is 69.5 Å². The van der Waals surface area contributed by atoms with Gasteiger partial charge in [-0.3, -0.25) is 0 Å². The first-order chi connectivity index (χ1) is 5.61. The molecule has 0 saturated carbocycles. The molecule has 0 saturated heterocycles. The fraction of sp³-hybridized carbons (Fsp3) is 0.111. The Bertz CT molecular complexity index is 287. The third-order valence-electron chi connectivity index (χ3n) is 1.47. The van der Waals surface area contributed by atoms with Gasteiger partial charge < -0.3 is 5.73 Å². The van der Waals surface area contributed by atoms with Crippen LogP contribution >= 0.6 is 0 Å². The second-order valence-corrected chi connectivity index (χ2v) is 2.54. The van der Waals surface area contributed by atoms with E-state index in [1.54, 1.807) is 0 Å². The first-order valence-corrected chi connectivity index (χ1v) is 3.47. The molecule has 0 unspecified atom stereocenters. The average molecular weight is 169 g/mol. The van der Waals surface area contributed by atoms with Crippen LogP contribution in [0.4, 0.5) is 8.78 Å². The third kappa shape index (κ3) is 1.81. The molecule has 64 valence electrons. The van der Waals surface area contributed by atoms with Crippen LogP contribution in [0, 0.1) is 11.6 Å². The molecular formula is C9H9F2N. The molecule has 0 aliphatic carbocycles. The standard InChI is InChI=1S/C9H9F2N/c1-6(12)5-7-8(10)3-2-4-9(7)11/h2-4H,1,5,12H2. The highest BCUT2D eigenvalue weighted by Gasteiger charge is 2.07. The van der Waals surface area contributed by atoms with Gasteiger partial charge in [-0.1, -0.05) is 12.6 Å². The molecule has 0 amide bonds. The Balaban J connectivity index is 3.04. The molecule has 1 aromatic rings. The van der Waals surface area contributed by atoms with Gasteiger partial charge in [0.1, 0.15) is 11.6 Å². The van der Waals surface area contributed by atoms with E-state index in [1.165, 1.54) is 18.2 Å². The van der Waals surface area contributed by atoms with Crippen LogP contribution in [0.3, 0.4) is 0 Å². The van der Waals surface area contributed by atoms with Crippen molar-refractivity contribution in [1.82, 2.24) is 0 Å². The summed E-state index contributed by atoms with van der Waals surface area (Å²) in [6.07, 6.45) is 0.0402. The van der Waals surface area contributed by atoms with Gasteiger partial charge in [-0.15, -0.1) is 0 Å². The lowest BCUT2D eigenvalue weighted by Gasteiger charge is -2.03. The predicted molar refractivity (Wildman–Crippen MR) is 43.4 cm³/mol. The van der Waals surface area contributed by atoms with Crippen molar-refractivity contribution in [3.63, 3.8) is 0 Å². The molecule has 0 fully saturated rings. The van der Waals surface area contributed by atoms with E-state index in [0.29, 0.717) is 0 Å². The lowest BCUT2D eigenvalue weighted by Crippen LogP contribution is -2.03. The van der Waals surface area contributed by atoms with E-state index in [1.807, 2.05) is 0 Å². The molecule has 0 radical (unpaired) electrons. The number of allylic oxidation sites excluding steroid dienone is 1. The molecular weight excluding hydrogens is 160 g/mol. The lowest BCUT2D eigenvalue weighted by molar-refractivity contribution is 0.560. The van der Waals surface area contributed by atoms with Crippen molar-refractivity contribution < 1.29 is 8.78 Å². The normalized spacial score (nSPS) is 9.83. The quantitative estimate of drug-likeness (QED) is 0.719. The van der Waals surface area contributed by atoms with Crippen molar-refractivity contribution in [3.05, 3.63) is 47.7 Å². The molecule has 0 heterocycles. The Hall–Kier alpha value is -1.38. The van der Waals surface area contributed by atoms with Crippen molar-refractivity contribution in [2.45, 2.75) is 6.42 Å². The summed E-state index contributed by atoms with van der Waals surface area (Å²) in [6.45, 7) is 3.38. The molecule has 2 N–H and O–H groups in total. The van der Waals surface area contributed by atoms with Crippen LogP contribution in [0.15, 0.2) is 30.5 Å². The van der Waals surface area contributed by atoms with Gasteiger partial charge in [0.2, 0.25) is 0 Å². The van der Waals surface area contributed by atoms with E-state index in [2.05, 4.69) is 6.58 Å². The van der Waals surface area contributed by atoms with Crippen molar-refractivity contribution in [2.75, 3.05) is 0 Å². The van der Waals surface area contributed by atoms with Crippen LogP contribution in [0.5, 0.6) is 0 Å². The highest BCUT2D eigenvalue weighted by Crippen LogP contribution is 2.13. The van der Waals surface area contributed by atoms with E-state index in [-0.39, 0.29) is 17.7 Å². The summed E-state index contributed by atoms with van der Waals surface area (Å²) >= 11 is 0. The molecule has 1 aromatic carbocycles. The summed E-state index contributed by atoms with van der Waals surface area (Å²) in [5.41, 5.74) is 5.46. The molecule has 0 bridgehead atoms. The SMILES string of the molecule is C=C(N)Cc1c(F)cccc1F. The van der Waals surface area contributed by atoms with Crippen LogP contribution in [-0.2, 0) is 6.42 Å². The third-order valence-corrected chi connectivity index (χ3v) is 1.47. The van der Waals surface area contributed by atoms with E-state index < -0.39 is 11.6 Å². The molecule has 0 aromatic heterocycles. The first kappa shape index (κ1) is 8.71. The van der Waals surface area contributed by atoms with Gasteiger partial charge in [-0.2, -0.15) is 0 Å². The van der Waals surface area contributed by atoms with Crippen molar-refractivity contribution >= 4 is 0 Å². The van der Waals surface area contributed by atoms with E-state index >= 15 is 0 Å². The maximum Gasteiger partial charge on any atom is 0.129 e. The highest BCUT2D eigenvalue weighted by molar-refractivity contribution is 5.23. The van der Waals surface area contributed by atoms with Crippen molar-refractivity contribution in [3.8, 4) is 0 Å². The molecule has 12 heavy (non-hydrogen) atoms. The van der Waals surface area contributed by atoms with E-state index in [4.69, 9.17) is 5.73 Å². The molecule has 0 atom stereocenters. The fourth-order valence-electron chi connectivity index (χ4n) is 0.928. The Morgan fingerprint density at radius 3 is 2.25 bits per heavy atom. The van der Waals surface area contributed by atoms with Crippen molar-refractivity contribution in [2.24, 2.45) is 5.73 Å². The maximum atomic E-state index is 12.9. The van der Waals surface area contributed by atoms with E-state index in [0.717, 1.165) is 0 Å². The monoisotopic (exact) mass is 169 g/mol. The highest BCUT2D eigenvalue weighted by atomic mass is 19.1. The Morgan fingerprint density at radius 1 is 1.33 bits per heavy atom. The second kappa shape index (κ2) is 3.34. The summed E-state index contributed by atoms with van der Waals surface area (Å²) in [7, 11) is 0. The average Bonchev–Trinajstić information content (AvgIpc) is 1.97. The fourth-order valence-corrected chi connectivity index (χ4v) is 0.928. The topological polar surface area (TPSA) is 26.0 Å². The van der Waals surface area contributed by atoms with Gasteiger partial charge in [0.25, 0.3) is 0 Å². The number of rotatable bonds is 2. The minimum atomic E-state index is -0.582.